The van der Waals surface area contributed by atoms with Crippen LogP contribution < -0.4 is 27.4 Å². The van der Waals surface area contributed by atoms with Crippen molar-refractivity contribution in [2.45, 2.75) is 84.0 Å². The molecular formula is C21H41N5O5S. The van der Waals surface area contributed by atoms with Gasteiger partial charge in [0.1, 0.15) is 18.1 Å². The molecule has 0 saturated heterocycles. The van der Waals surface area contributed by atoms with Crippen LogP contribution in [-0.4, -0.2) is 65.3 Å². The molecule has 0 aromatic heterocycles. The molecule has 0 bridgehead atoms. The van der Waals surface area contributed by atoms with Crippen LogP contribution in [0.3, 0.4) is 0 Å². The summed E-state index contributed by atoms with van der Waals surface area (Å²) < 4.78 is 0. The Kier molecular flexibility index (Phi) is 15.0. The molecule has 32 heavy (non-hydrogen) atoms. The topological polar surface area (TPSA) is 177 Å². The van der Waals surface area contributed by atoms with Crippen molar-refractivity contribution >= 4 is 36.3 Å². The number of carboxylic acids is 1. The molecule has 0 aromatic rings. The number of rotatable bonds is 16. The van der Waals surface area contributed by atoms with Gasteiger partial charge in [-0.2, -0.15) is 12.6 Å². The second-order valence-electron chi connectivity index (χ2n) is 8.54. The Balaban J connectivity index is 5.21. The molecular weight excluding hydrogens is 434 g/mol. The van der Waals surface area contributed by atoms with Gasteiger partial charge >= 0.3 is 5.97 Å². The molecule has 0 rings (SSSR count). The summed E-state index contributed by atoms with van der Waals surface area (Å²) in [6.07, 6.45) is 2.75. The summed E-state index contributed by atoms with van der Waals surface area (Å²) in [5, 5.41) is 17.2. The van der Waals surface area contributed by atoms with Crippen LogP contribution in [0.25, 0.3) is 0 Å². The predicted molar refractivity (Wildman–Crippen MR) is 127 cm³/mol. The molecule has 0 aliphatic rings. The van der Waals surface area contributed by atoms with E-state index in [-0.39, 0.29) is 17.6 Å². The Morgan fingerprint density at radius 1 is 0.938 bits per heavy atom. The van der Waals surface area contributed by atoms with E-state index in [1.54, 1.807) is 6.92 Å². The van der Waals surface area contributed by atoms with Gasteiger partial charge in [-0.05, 0) is 37.6 Å². The Bertz CT molecular complexity index is 619. The van der Waals surface area contributed by atoms with Crippen molar-refractivity contribution in [2.24, 2.45) is 23.3 Å². The summed E-state index contributed by atoms with van der Waals surface area (Å²) in [6.45, 7) is 7.84. The van der Waals surface area contributed by atoms with Crippen LogP contribution in [0.15, 0.2) is 0 Å². The number of carbonyl (C=O) groups is 4. The van der Waals surface area contributed by atoms with E-state index >= 15 is 0 Å². The Morgan fingerprint density at radius 2 is 1.50 bits per heavy atom. The maximum atomic E-state index is 12.8. The minimum atomic E-state index is -1.13. The maximum absolute atomic E-state index is 12.8. The highest BCUT2D eigenvalue weighted by molar-refractivity contribution is 7.80. The van der Waals surface area contributed by atoms with Crippen LogP contribution in [-0.2, 0) is 19.2 Å². The zero-order valence-electron chi connectivity index (χ0n) is 19.6. The van der Waals surface area contributed by atoms with Crippen LogP contribution in [0.1, 0.15) is 59.8 Å². The lowest BCUT2D eigenvalue weighted by molar-refractivity contribution is -0.144. The van der Waals surface area contributed by atoms with Gasteiger partial charge in [-0.25, -0.2) is 4.79 Å². The lowest BCUT2D eigenvalue weighted by Gasteiger charge is -2.27. The van der Waals surface area contributed by atoms with Gasteiger partial charge in [0.05, 0.1) is 6.04 Å². The smallest absolute Gasteiger partial charge is 0.326 e. The van der Waals surface area contributed by atoms with E-state index < -0.39 is 47.9 Å². The molecule has 10 nitrogen and oxygen atoms in total. The van der Waals surface area contributed by atoms with E-state index in [4.69, 9.17) is 11.5 Å². The van der Waals surface area contributed by atoms with Crippen molar-refractivity contribution in [3.8, 4) is 0 Å². The molecule has 0 spiro atoms. The number of hydrogen-bond donors (Lipinski definition) is 7. The van der Waals surface area contributed by atoms with Crippen molar-refractivity contribution in [1.82, 2.24) is 16.0 Å². The van der Waals surface area contributed by atoms with Crippen LogP contribution in [0.5, 0.6) is 0 Å². The number of carbonyl (C=O) groups excluding carboxylic acids is 3. The van der Waals surface area contributed by atoms with Crippen LogP contribution in [0, 0.1) is 11.8 Å². The summed E-state index contributed by atoms with van der Waals surface area (Å²) in [6, 6.07) is -3.78. The molecule has 8 N–H and O–H groups in total. The average molecular weight is 476 g/mol. The first kappa shape index (κ1) is 30.1. The SMILES string of the molecule is CCC(C)C(NC(=O)C(CC(C)C)NC(=O)C(CS)NC(=O)C(N)CCCCN)C(=O)O. The largest absolute Gasteiger partial charge is 0.480 e. The molecule has 0 aliphatic heterocycles. The highest BCUT2D eigenvalue weighted by atomic mass is 32.1. The Hall–Kier alpha value is -1.85. The summed E-state index contributed by atoms with van der Waals surface area (Å²) in [5.41, 5.74) is 11.3. The van der Waals surface area contributed by atoms with Crippen molar-refractivity contribution in [3.05, 3.63) is 0 Å². The molecule has 0 heterocycles. The first-order valence-corrected chi connectivity index (χ1v) is 11.8. The lowest BCUT2D eigenvalue weighted by Crippen LogP contribution is -2.58. The normalized spacial score (nSPS) is 15.9. The summed E-state index contributed by atoms with van der Waals surface area (Å²) >= 11 is 4.14. The Labute approximate surface area is 196 Å². The van der Waals surface area contributed by atoms with Gasteiger partial charge in [0, 0.05) is 5.75 Å². The van der Waals surface area contributed by atoms with Crippen LogP contribution in [0.4, 0.5) is 0 Å². The number of unbranched alkanes of at least 4 members (excludes halogenated alkanes) is 1. The van der Waals surface area contributed by atoms with Gasteiger partial charge in [-0.15, -0.1) is 0 Å². The minimum Gasteiger partial charge on any atom is -0.480 e. The van der Waals surface area contributed by atoms with E-state index in [0.29, 0.717) is 32.2 Å². The van der Waals surface area contributed by atoms with E-state index in [2.05, 4.69) is 28.6 Å². The summed E-state index contributed by atoms with van der Waals surface area (Å²) in [7, 11) is 0. The number of amides is 3. The van der Waals surface area contributed by atoms with Gasteiger partial charge in [-0.1, -0.05) is 40.5 Å². The molecule has 186 valence electrons. The third-order valence-electron chi connectivity index (χ3n) is 5.24. The standard InChI is InChI=1S/C21H41N5O5S/c1-5-13(4)17(21(30)31)26-19(28)15(10-12(2)3)24-20(29)16(11-32)25-18(27)14(23)8-6-7-9-22/h12-17,32H,5-11,22-23H2,1-4H3,(H,24,29)(H,25,27)(H,26,28)(H,30,31). The highest BCUT2D eigenvalue weighted by Gasteiger charge is 2.31. The number of carboxylic acid groups (broad SMARTS) is 1. The summed E-state index contributed by atoms with van der Waals surface area (Å²) in [5.74, 6) is -3.00. The molecule has 5 unspecified atom stereocenters. The van der Waals surface area contributed by atoms with Crippen molar-refractivity contribution in [2.75, 3.05) is 12.3 Å². The third kappa shape index (κ3) is 11.1. The predicted octanol–water partition coefficient (Wildman–Crippen LogP) is 0.00370. The second-order valence-corrected chi connectivity index (χ2v) is 8.90. The zero-order chi connectivity index (χ0) is 24.8. The van der Waals surface area contributed by atoms with Crippen molar-refractivity contribution < 1.29 is 24.3 Å². The molecule has 0 fully saturated rings. The molecule has 0 radical (unpaired) electrons. The fraction of sp³-hybridized carbons (Fsp3) is 0.810. The fourth-order valence-corrected chi connectivity index (χ4v) is 3.28. The maximum Gasteiger partial charge on any atom is 0.326 e. The van der Waals surface area contributed by atoms with Gasteiger partial charge in [-0.3, -0.25) is 14.4 Å². The van der Waals surface area contributed by atoms with Gasteiger partial charge in [0.25, 0.3) is 0 Å². The van der Waals surface area contributed by atoms with Gasteiger partial charge < -0.3 is 32.5 Å². The van der Waals surface area contributed by atoms with Crippen molar-refractivity contribution in [3.63, 3.8) is 0 Å². The Morgan fingerprint density at radius 3 is 1.97 bits per heavy atom. The molecule has 3 amide bonds. The quantitative estimate of drug-likeness (QED) is 0.121. The first-order valence-electron chi connectivity index (χ1n) is 11.2. The lowest BCUT2D eigenvalue weighted by atomic mass is 9.97. The average Bonchev–Trinajstić information content (AvgIpc) is 2.73. The summed E-state index contributed by atoms with van der Waals surface area (Å²) in [4.78, 5) is 49.5. The molecule has 0 aliphatic carbocycles. The number of nitrogens with two attached hydrogens (primary N) is 2. The second kappa shape index (κ2) is 15.9. The van der Waals surface area contributed by atoms with Crippen molar-refractivity contribution in [1.29, 1.82) is 0 Å². The fourth-order valence-electron chi connectivity index (χ4n) is 3.02. The first-order chi connectivity index (χ1) is 15.0. The van der Waals surface area contributed by atoms with Crippen LogP contribution in [0.2, 0.25) is 0 Å². The molecule has 11 heteroatoms. The number of hydrogen-bond acceptors (Lipinski definition) is 7. The van der Waals surface area contributed by atoms with Gasteiger partial charge in [0.2, 0.25) is 17.7 Å². The zero-order valence-corrected chi connectivity index (χ0v) is 20.5. The molecule has 5 atom stereocenters. The highest BCUT2D eigenvalue weighted by Crippen LogP contribution is 2.11. The number of thiol groups is 1. The van der Waals surface area contributed by atoms with E-state index in [9.17, 15) is 24.3 Å². The molecule has 0 aromatic carbocycles. The van der Waals surface area contributed by atoms with Gasteiger partial charge in [0.15, 0.2) is 0 Å². The number of aliphatic carboxylic acids is 1. The monoisotopic (exact) mass is 475 g/mol. The molecule has 0 saturated carbocycles. The van der Waals surface area contributed by atoms with E-state index in [1.807, 2.05) is 20.8 Å². The van der Waals surface area contributed by atoms with E-state index in [1.165, 1.54) is 0 Å². The van der Waals surface area contributed by atoms with Crippen LogP contribution >= 0.6 is 12.6 Å². The number of nitrogens with one attached hydrogen (secondary N) is 3. The third-order valence-corrected chi connectivity index (χ3v) is 5.60. The van der Waals surface area contributed by atoms with E-state index in [0.717, 1.165) is 6.42 Å². The minimum absolute atomic E-state index is 0.00767.